The number of carbonyl (C=O) groups is 2. The maximum atomic E-state index is 14.0. The fourth-order valence-electron chi connectivity index (χ4n) is 7.44. The molecule has 3 fully saturated rings. The minimum atomic E-state index is -5.12. The fraction of sp³-hybridized carbons (Fsp3) is 0.588. The first kappa shape index (κ1) is 32.6. The smallest absolute Gasteiger partial charge is 0.371 e. The van der Waals surface area contributed by atoms with Gasteiger partial charge in [0.2, 0.25) is 0 Å². The van der Waals surface area contributed by atoms with E-state index in [-0.39, 0.29) is 31.1 Å². The van der Waals surface area contributed by atoms with Crippen LogP contribution in [0.4, 0.5) is 18.9 Å². The standard InChI is InChI=1S/C34H43ClF3N3O3/c1-3-27-10-9-23(2)41(27)31(42)29-12-11-28(22-30(29)35)39-17-13-24(14-18-39)21-25-15-19-40(20-16-25)32(43)33(44,34(36,37)38)26-7-5-4-6-8-26/h4-8,11-12,22-25,27,44H,3,9-10,13-21H2,1-2H3/t23?,27?,33-/m1/s1. The number of piperidine rings is 2. The number of aliphatic hydroxyl groups is 1. The summed E-state index contributed by atoms with van der Waals surface area (Å²) in [5, 5.41) is 11.2. The van der Waals surface area contributed by atoms with E-state index in [0.717, 1.165) is 69.4 Å². The molecule has 0 aromatic heterocycles. The molecule has 240 valence electrons. The Kier molecular flexibility index (Phi) is 9.85. The number of nitrogens with zero attached hydrogens (tertiary/aromatic N) is 3. The van der Waals surface area contributed by atoms with Gasteiger partial charge in [0.15, 0.2) is 0 Å². The number of rotatable bonds is 7. The van der Waals surface area contributed by atoms with Crippen molar-refractivity contribution in [1.29, 1.82) is 0 Å². The maximum absolute atomic E-state index is 14.0. The van der Waals surface area contributed by atoms with Gasteiger partial charge in [0.05, 0.1) is 10.6 Å². The SMILES string of the molecule is CCC1CCC(C)N1C(=O)c1ccc(N2CCC(CC3CCN(C(=O)[C@](O)(c4ccccc4)C(F)(F)F)CC3)CC2)cc1Cl. The van der Waals surface area contributed by atoms with E-state index in [2.05, 4.69) is 18.7 Å². The van der Waals surface area contributed by atoms with Gasteiger partial charge in [-0.2, -0.15) is 13.2 Å². The lowest BCUT2D eigenvalue weighted by atomic mass is 9.82. The highest BCUT2D eigenvalue weighted by Gasteiger charge is 2.62. The van der Waals surface area contributed by atoms with E-state index in [1.807, 2.05) is 23.1 Å². The molecule has 2 aromatic rings. The average Bonchev–Trinajstić information content (AvgIpc) is 3.40. The molecule has 5 rings (SSSR count). The Morgan fingerprint density at radius 3 is 2.09 bits per heavy atom. The molecule has 44 heavy (non-hydrogen) atoms. The monoisotopic (exact) mass is 633 g/mol. The van der Waals surface area contributed by atoms with Crippen LogP contribution in [0.1, 0.15) is 81.1 Å². The second-order valence-corrected chi connectivity index (χ2v) is 13.2. The predicted molar refractivity (Wildman–Crippen MR) is 166 cm³/mol. The third kappa shape index (κ3) is 6.45. The molecule has 3 aliphatic rings. The minimum absolute atomic E-state index is 0.00741. The van der Waals surface area contributed by atoms with Crippen molar-refractivity contribution in [2.24, 2.45) is 11.8 Å². The average molecular weight is 634 g/mol. The van der Waals surface area contributed by atoms with Crippen molar-refractivity contribution in [1.82, 2.24) is 9.80 Å². The van der Waals surface area contributed by atoms with Crippen molar-refractivity contribution in [3.8, 4) is 0 Å². The van der Waals surface area contributed by atoms with Gasteiger partial charge in [0.25, 0.3) is 17.4 Å². The third-order valence-corrected chi connectivity index (χ3v) is 10.4. The van der Waals surface area contributed by atoms with Gasteiger partial charge in [-0.05, 0) is 88.3 Å². The van der Waals surface area contributed by atoms with E-state index in [0.29, 0.717) is 35.3 Å². The molecule has 6 nitrogen and oxygen atoms in total. The van der Waals surface area contributed by atoms with Crippen LogP contribution in [0, 0.1) is 11.8 Å². The van der Waals surface area contributed by atoms with Crippen LogP contribution in [-0.4, -0.2) is 71.2 Å². The lowest BCUT2D eigenvalue weighted by molar-refractivity contribution is -0.262. The minimum Gasteiger partial charge on any atom is -0.371 e. The number of benzene rings is 2. The van der Waals surface area contributed by atoms with Gasteiger partial charge in [-0.3, -0.25) is 9.59 Å². The molecule has 1 N–H and O–H groups in total. The molecular weight excluding hydrogens is 591 g/mol. The van der Waals surface area contributed by atoms with Crippen molar-refractivity contribution in [3.05, 3.63) is 64.7 Å². The molecule has 0 aliphatic carbocycles. The molecular formula is C34H43ClF3N3O3. The Labute approximate surface area is 263 Å². The van der Waals surface area contributed by atoms with E-state index < -0.39 is 23.2 Å². The van der Waals surface area contributed by atoms with Gasteiger partial charge in [0.1, 0.15) is 0 Å². The first-order valence-corrected chi connectivity index (χ1v) is 16.3. The quantitative estimate of drug-likeness (QED) is 0.355. The van der Waals surface area contributed by atoms with E-state index in [1.54, 1.807) is 6.07 Å². The highest BCUT2D eigenvalue weighted by atomic mass is 35.5. The largest absolute Gasteiger partial charge is 0.430 e. The molecule has 2 aromatic carbocycles. The van der Waals surface area contributed by atoms with Crippen LogP contribution in [0.25, 0.3) is 0 Å². The lowest BCUT2D eigenvalue weighted by Gasteiger charge is -2.40. The van der Waals surface area contributed by atoms with Gasteiger partial charge in [0, 0.05) is 49.5 Å². The summed E-state index contributed by atoms with van der Waals surface area (Å²) in [7, 11) is 0. The summed E-state index contributed by atoms with van der Waals surface area (Å²) in [6.07, 6.45) is 2.05. The number of amides is 2. The van der Waals surface area contributed by atoms with Gasteiger partial charge in [-0.25, -0.2) is 0 Å². The van der Waals surface area contributed by atoms with Gasteiger partial charge >= 0.3 is 6.18 Å². The van der Waals surface area contributed by atoms with Crippen molar-refractivity contribution < 1.29 is 27.9 Å². The maximum Gasteiger partial charge on any atom is 0.430 e. The summed E-state index contributed by atoms with van der Waals surface area (Å²) in [6, 6.07) is 12.8. The zero-order chi connectivity index (χ0) is 31.6. The Morgan fingerprint density at radius 2 is 1.52 bits per heavy atom. The highest BCUT2D eigenvalue weighted by Crippen LogP contribution is 2.42. The number of hydrogen-bond acceptors (Lipinski definition) is 4. The second kappa shape index (κ2) is 13.3. The molecule has 0 radical (unpaired) electrons. The Morgan fingerprint density at radius 1 is 0.909 bits per heavy atom. The van der Waals surface area contributed by atoms with Crippen molar-refractivity contribution in [2.75, 3.05) is 31.1 Å². The molecule has 10 heteroatoms. The first-order valence-electron chi connectivity index (χ1n) is 15.9. The highest BCUT2D eigenvalue weighted by molar-refractivity contribution is 6.34. The molecule has 3 atom stereocenters. The molecule has 0 spiro atoms. The number of alkyl halides is 3. The summed E-state index contributed by atoms with van der Waals surface area (Å²) in [6.45, 7) is 6.35. The molecule has 3 saturated heterocycles. The normalized spacial score (nSPS) is 23.6. The van der Waals surface area contributed by atoms with Crippen LogP contribution >= 0.6 is 11.6 Å². The number of halogens is 4. The van der Waals surface area contributed by atoms with E-state index in [9.17, 15) is 27.9 Å². The number of hydrogen-bond donors (Lipinski definition) is 1. The Hall–Kier alpha value is -2.78. The van der Waals surface area contributed by atoms with Gasteiger partial charge in [-0.1, -0.05) is 48.9 Å². The van der Waals surface area contributed by atoms with Crippen molar-refractivity contribution >= 4 is 29.1 Å². The van der Waals surface area contributed by atoms with Crippen LogP contribution in [-0.2, 0) is 10.4 Å². The molecule has 2 amide bonds. The van der Waals surface area contributed by atoms with Crippen LogP contribution in [0.5, 0.6) is 0 Å². The van der Waals surface area contributed by atoms with Crippen LogP contribution in [0.2, 0.25) is 5.02 Å². The first-order chi connectivity index (χ1) is 20.9. The zero-order valence-electron chi connectivity index (χ0n) is 25.5. The molecule has 3 aliphatic heterocycles. The topological polar surface area (TPSA) is 64.1 Å². The number of carbonyl (C=O) groups excluding carboxylic acids is 2. The van der Waals surface area contributed by atoms with E-state index >= 15 is 0 Å². The van der Waals surface area contributed by atoms with Crippen LogP contribution in [0.15, 0.2) is 48.5 Å². The van der Waals surface area contributed by atoms with Crippen molar-refractivity contribution in [2.45, 2.75) is 89.1 Å². The van der Waals surface area contributed by atoms with Crippen LogP contribution in [0.3, 0.4) is 0 Å². The van der Waals surface area contributed by atoms with E-state index in [4.69, 9.17) is 11.6 Å². The Bertz CT molecular complexity index is 1310. The molecule has 0 bridgehead atoms. The summed E-state index contributed by atoms with van der Waals surface area (Å²) < 4.78 is 42.0. The predicted octanol–water partition coefficient (Wildman–Crippen LogP) is 7.04. The summed E-state index contributed by atoms with van der Waals surface area (Å²) in [4.78, 5) is 31.8. The summed E-state index contributed by atoms with van der Waals surface area (Å²) in [5.74, 6) is -0.470. The van der Waals surface area contributed by atoms with Gasteiger partial charge in [-0.15, -0.1) is 0 Å². The molecule has 0 saturated carbocycles. The number of anilines is 1. The number of likely N-dealkylation sites (tertiary alicyclic amines) is 2. The van der Waals surface area contributed by atoms with Crippen molar-refractivity contribution in [3.63, 3.8) is 0 Å². The third-order valence-electron chi connectivity index (χ3n) is 10.1. The lowest BCUT2D eigenvalue weighted by Crippen LogP contribution is -2.57. The summed E-state index contributed by atoms with van der Waals surface area (Å²) >= 11 is 6.66. The van der Waals surface area contributed by atoms with E-state index in [1.165, 1.54) is 17.0 Å². The fourth-order valence-corrected chi connectivity index (χ4v) is 7.69. The second-order valence-electron chi connectivity index (χ2n) is 12.8. The van der Waals surface area contributed by atoms with Crippen LogP contribution < -0.4 is 4.90 Å². The molecule has 2 unspecified atom stereocenters. The zero-order valence-corrected chi connectivity index (χ0v) is 26.3. The summed E-state index contributed by atoms with van der Waals surface area (Å²) in [5.41, 5.74) is -2.44. The van der Waals surface area contributed by atoms with Gasteiger partial charge < -0.3 is 19.8 Å². The Balaban J connectivity index is 1.12. The molecule has 3 heterocycles.